The molecule has 0 aliphatic heterocycles. The summed E-state index contributed by atoms with van der Waals surface area (Å²) < 4.78 is 16.8. The smallest absolute Gasteiger partial charge is 0.309 e. The van der Waals surface area contributed by atoms with Crippen LogP contribution < -0.4 is 0 Å². The maximum atomic E-state index is 12.9. The first-order valence-electron chi connectivity index (χ1n) is 32.1. The van der Waals surface area contributed by atoms with E-state index in [-0.39, 0.29) is 31.6 Å². The molecule has 0 rings (SSSR count). The minimum absolute atomic E-state index is 0.107. The summed E-state index contributed by atoms with van der Waals surface area (Å²) in [5.74, 6) is -1.04. The van der Waals surface area contributed by atoms with Crippen LogP contribution in [0.5, 0.6) is 0 Å². The molecule has 1 atom stereocenters. The molecule has 0 saturated carbocycles. The highest BCUT2D eigenvalue weighted by Gasteiger charge is 2.19. The fraction of sp³-hybridized carbons (Fsp3) is 0.754. The van der Waals surface area contributed by atoms with Crippen molar-refractivity contribution in [2.75, 3.05) is 13.2 Å². The summed E-state index contributed by atoms with van der Waals surface area (Å²) in [5, 5.41) is 0. The van der Waals surface area contributed by atoms with E-state index in [1.807, 2.05) is 6.08 Å². The lowest BCUT2D eigenvalue weighted by Crippen LogP contribution is -2.30. The molecule has 75 heavy (non-hydrogen) atoms. The molecule has 0 heterocycles. The van der Waals surface area contributed by atoms with E-state index in [9.17, 15) is 14.4 Å². The standard InChI is InChI=1S/C69H120O6/c1-4-7-10-13-16-19-22-25-28-30-32-33-34-35-36-37-39-41-44-47-50-53-56-59-62-68(71)74-65-66(64-73-67(70)61-58-55-52-49-46-43-40-27-24-21-18-15-12-9-6-3)75-69(72)63-60-57-54-51-48-45-42-38-31-29-26-23-20-17-14-11-8-5-2/h9,12,18,20-21,23,27,29,31,40,46,49,55,58,66H,4-8,10-11,13-17,19,22,24-26,28,30,32-39,41-45,47-48,50-54,56-57,59-65H2,1-3H3/b12-9-,21-18-,23-20-,31-29-,40-27-,49-46-,58-55-. The summed E-state index contributed by atoms with van der Waals surface area (Å²) in [7, 11) is 0. The summed E-state index contributed by atoms with van der Waals surface area (Å²) in [4.78, 5) is 38.2. The largest absolute Gasteiger partial charge is 0.462 e. The minimum atomic E-state index is -0.821. The maximum Gasteiger partial charge on any atom is 0.309 e. The summed E-state index contributed by atoms with van der Waals surface area (Å²) in [6.07, 6.45) is 83.4. The van der Waals surface area contributed by atoms with Crippen molar-refractivity contribution >= 4 is 17.9 Å². The van der Waals surface area contributed by atoms with Gasteiger partial charge in [0.15, 0.2) is 6.10 Å². The van der Waals surface area contributed by atoms with Crippen LogP contribution in [0.3, 0.4) is 0 Å². The molecule has 0 aliphatic rings. The third-order valence-electron chi connectivity index (χ3n) is 13.9. The Morgan fingerprint density at radius 3 is 0.947 bits per heavy atom. The zero-order valence-electron chi connectivity index (χ0n) is 49.6. The topological polar surface area (TPSA) is 78.9 Å². The van der Waals surface area contributed by atoms with Gasteiger partial charge >= 0.3 is 17.9 Å². The second-order valence-corrected chi connectivity index (χ2v) is 21.3. The zero-order chi connectivity index (χ0) is 54.3. The van der Waals surface area contributed by atoms with Gasteiger partial charge in [-0.2, -0.15) is 0 Å². The average molecular weight is 1050 g/mol. The molecule has 0 radical (unpaired) electrons. The van der Waals surface area contributed by atoms with E-state index in [4.69, 9.17) is 14.2 Å². The van der Waals surface area contributed by atoms with Gasteiger partial charge in [-0.3, -0.25) is 14.4 Å². The Morgan fingerprint density at radius 1 is 0.293 bits per heavy atom. The Kier molecular flexibility index (Phi) is 60.3. The summed E-state index contributed by atoms with van der Waals surface area (Å²) in [6, 6.07) is 0. The molecule has 0 amide bonds. The molecule has 1 unspecified atom stereocenters. The Hall–Kier alpha value is -3.41. The Labute approximate surface area is 465 Å². The van der Waals surface area contributed by atoms with Crippen LogP contribution in [0.1, 0.15) is 316 Å². The Balaban J connectivity index is 4.38. The second kappa shape index (κ2) is 63.1. The zero-order valence-corrected chi connectivity index (χ0v) is 49.6. The molecular formula is C69H120O6. The van der Waals surface area contributed by atoms with Crippen LogP contribution in [0.2, 0.25) is 0 Å². The molecular weight excluding hydrogens is 925 g/mol. The van der Waals surface area contributed by atoms with E-state index in [2.05, 4.69) is 93.7 Å². The van der Waals surface area contributed by atoms with Crippen LogP contribution in [-0.4, -0.2) is 37.2 Å². The predicted octanol–water partition coefficient (Wildman–Crippen LogP) is 21.9. The quantitative estimate of drug-likeness (QED) is 0.0261. The third-order valence-corrected chi connectivity index (χ3v) is 13.9. The molecule has 432 valence electrons. The highest BCUT2D eigenvalue weighted by Crippen LogP contribution is 2.17. The second-order valence-electron chi connectivity index (χ2n) is 21.3. The van der Waals surface area contributed by atoms with Gasteiger partial charge in [-0.15, -0.1) is 0 Å². The number of hydrogen-bond acceptors (Lipinski definition) is 6. The van der Waals surface area contributed by atoms with E-state index in [0.717, 1.165) is 83.5 Å². The van der Waals surface area contributed by atoms with Crippen LogP contribution in [0.4, 0.5) is 0 Å². The molecule has 0 saturated heterocycles. The van der Waals surface area contributed by atoms with Gasteiger partial charge in [-0.25, -0.2) is 0 Å². The number of rotatable bonds is 58. The van der Waals surface area contributed by atoms with E-state index < -0.39 is 12.1 Å². The Bertz CT molecular complexity index is 1430. The maximum absolute atomic E-state index is 12.9. The van der Waals surface area contributed by atoms with Crippen LogP contribution in [0.25, 0.3) is 0 Å². The number of carbonyl (C=O) groups is 3. The molecule has 0 aliphatic carbocycles. The molecule has 6 nitrogen and oxygen atoms in total. The lowest BCUT2D eigenvalue weighted by Gasteiger charge is -2.18. The SMILES string of the molecule is CC/C=C\C/C=C\C/C=C\C/C=C\C/C=C\CC(=O)OCC(COC(=O)CCCCCCCCCCCCCCCCCCCCCCCCCC)OC(=O)CCCCCCCCC/C=C\C/C=C\CCCCCC. The van der Waals surface area contributed by atoms with E-state index in [0.29, 0.717) is 12.8 Å². The summed E-state index contributed by atoms with van der Waals surface area (Å²) >= 11 is 0. The Morgan fingerprint density at radius 2 is 0.573 bits per heavy atom. The predicted molar refractivity (Wildman–Crippen MR) is 325 cm³/mol. The number of esters is 3. The molecule has 0 N–H and O–H groups in total. The molecule has 0 aromatic rings. The molecule has 0 bridgehead atoms. The van der Waals surface area contributed by atoms with Crippen LogP contribution >= 0.6 is 0 Å². The summed E-state index contributed by atoms with van der Waals surface area (Å²) in [5.41, 5.74) is 0. The van der Waals surface area contributed by atoms with Crippen molar-refractivity contribution < 1.29 is 28.6 Å². The highest BCUT2D eigenvalue weighted by molar-refractivity contribution is 5.72. The number of ether oxygens (including phenoxy) is 3. The fourth-order valence-electron chi connectivity index (χ4n) is 9.14. The van der Waals surface area contributed by atoms with Crippen molar-refractivity contribution in [3.63, 3.8) is 0 Å². The molecule has 0 aromatic heterocycles. The number of hydrogen-bond donors (Lipinski definition) is 0. The van der Waals surface area contributed by atoms with Crippen LogP contribution in [0.15, 0.2) is 85.1 Å². The van der Waals surface area contributed by atoms with Gasteiger partial charge < -0.3 is 14.2 Å². The number of unbranched alkanes of at least 4 members (excludes halogenated alkanes) is 34. The molecule has 0 aromatic carbocycles. The van der Waals surface area contributed by atoms with Crippen molar-refractivity contribution in [1.29, 1.82) is 0 Å². The molecule has 6 heteroatoms. The van der Waals surface area contributed by atoms with Crippen molar-refractivity contribution in [3.8, 4) is 0 Å². The van der Waals surface area contributed by atoms with Gasteiger partial charge in [0.05, 0.1) is 6.42 Å². The number of carbonyl (C=O) groups excluding carboxylic acids is 3. The van der Waals surface area contributed by atoms with Crippen LogP contribution in [-0.2, 0) is 28.6 Å². The first-order chi connectivity index (χ1) is 37.0. The highest BCUT2D eigenvalue weighted by atomic mass is 16.6. The lowest BCUT2D eigenvalue weighted by atomic mass is 10.0. The average Bonchev–Trinajstić information content (AvgIpc) is 3.41. The first-order valence-corrected chi connectivity index (χ1v) is 32.1. The van der Waals surface area contributed by atoms with Crippen molar-refractivity contribution in [2.24, 2.45) is 0 Å². The minimum Gasteiger partial charge on any atom is -0.462 e. The van der Waals surface area contributed by atoms with Gasteiger partial charge in [-0.1, -0.05) is 305 Å². The van der Waals surface area contributed by atoms with E-state index in [1.165, 1.54) is 193 Å². The van der Waals surface area contributed by atoms with Gasteiger partial charge in [0.1, 0.15) is 13.2 Å². The lowest BCUT2D eigenvalue weighted by molar-refractivity contribution is -0.166. The molecule has 0 spiro atoms. The normalized spacial score (nSPS) is 12.6. The number of allylic oxidation sites excluding steroid dienone is 13. The van der Waals surface area contributed by atoms with Crippen molar-refractivity contribution in [2.45, 2.75) is 322 Å². The van der Waals surface area contributed by atoms with Crippen LogP contribution in [0, 0.1) is 0 Å². The van der Waals surface area contributed by atoms with Gasteiger partial charge in [0.25, 0.3) is 0 Å². The van der Waals surface area contributed by atoms with E-state index >= 15 is 0 Å². The third kappa shape index (κ3) is 61.3. The van der Waals surface area contributed by atoms with Gasteiger partial charge in [0.2, 0.25) is 0 Å². The fourth-order valence-corrected chi connectivity index (χ4v) is 9.14. The molecule has 0 fully saturated rings. The van der Waals surface area contributed by atoms with Crippen molar-refractivity contribution in [3.05, 3.63) is 85.1 Å². The summed E-state index contributed by atoms with van der Waals surface area (Å²) in [6.45, 7) is 6.45. The van der Waals surface area contributed by atoms with Crippen molar-refractivity contribution in [1.82, 2.24) is 0 Å². The van der Waals surface area contributed by atoms with Gasteiger partial charge in [0, 0.05) is 12.8 Å². The van der Waals surface area contributed by atoms with E-state index in [1.54, 1.807) is 6.08 Å². The first kappa shape index (κ1) is 71.6. The monoisotopic (exact) mass is 1040 g/mol. The van der Waals surface area contributed by atoms with Gasteiger partial charge in [-0.05, 0) is 77.0 Å².